The van der Waals surface area contributed by atoms with Crippen molar-refractivity contribution in [2.75, 3.05) is 26.5 Å². The van der Waals surface area contributed by atoms with Crippen molar-refractivity contribution in [2.24, 2.45) is 0 Å². The van der Waals surface area contributed by atoms with E-state index in [0.29, 0.717) is 13.2 Å². The molecule has 8 heteroatoms. The SMILES string of the molecule is CCCCOC[C@@]1(CF)O[C@@H](N(/C=C\C(C)=O)C(C)=O)[C@H](O)[C@@H]1OCCCC. The molecule has 28 heavy (non-hydrogen) atoms. The topological polar surface area (TPSA) is 85.3 Å². The third kappa shape index (κ3) is 6.62. The van der Waals surface area contributed by atoms with Gasteiger partial charge in [0.2, 0.25) is 5.91 Å². The lowest BCUT2D eigenvalue weighted by atomic mass is 9.97. The Bertz CT molecular complexity index is 529. The monoisotopic (exact) mass is 403 g/mol. The molecule has 0 spiro atoms. The number of alkyl halides is 1. The third-order valence-electron chi connectivity index (χ3n) is 4.59. The Morgan fingerprint density at radius 3 is 2.39 bits per heavy atom. The molecule has 4 atom stereocenters. The fourth-order valence-electron chi connectivity index (χ4n) is 2.97. The predicted molar refractivity (Wildman–Crippen MR) is 102 cm³/mol. The molecule has 1 saturated heterocycles. The summed E-state index contributed by atoms with van der Waals surface area (Å²) in [5.41, 5.74) is -1.52. The molecule has 1 aliphatic rings. The second-order valence-corrected chi connectivity index (χ2v) is 7.10. The zero-order chi connectivity index (χ0) is 21.2. The van der Waals surface area contributed by atoms with Gasteiger partial charge in [0.1, 0.15) is 18.9 Å². The predicted octanol–water partition coefficient (Wildman–Crippen LogP) is 2.37. The molecule has 0 aromatic heterocycles. The van der Waals surface area contributed by atoms with Crippen LogP contribution in [0.3, 0.4) is 0 Å². The molecule has 0 aliphatic carbocycles. The summed E-state index contributed by atoms with van der Waals surface area (Å²) in [6, 6.07) is 0. The molecule has 1 amide bonds. The minimum atomic E-state index is -1.52. The molecule has 0 radical (unpaired) electrons. The van der Waals surface area contributed by atoms with Crippen molar-refractivity contribution in [3.8, 4) is 0 Å². The highest BCUT2D eigenvalue weighted by Gasteiger charge is 2.58. The quantitative estimate of drug-likeness (QED) is 0.375. The summed E-state index contributed by atoms with van der Waals surface area (Å²) >= 11 is 0. The molecule has 0 saturated carbocycles. The molecule has 1 heterocycles. The molecular weight excluding hydrogens is 369 g/mol. The number of hydrogen-bond acceptors (Lipinski definition) is 6. The van der Waals surface area contributed by atoms with E-state index in [2.05, 4.69) is 0 Å². The van der Waals surface area contributed by atoms with Crippen LogP contribution in [0.4, 0.5) is 4.39 Å². The lowest BCUT2D eigenvalue weighted by Gasteiger charge is -2.32. The lowest BCUT2D eigenvalue weighted by Crippen LogP contribution is -2.50. The van der Waals surface area contributed by atoms with Crippen LogP contribution in [0.2, 0.25) is 0 Å². The average Bonchev–Trinajstić information content (AvgIpc) is 2.92. The zero-order valence-corrected chi connectivity index (χ0v) is 17.4. The van der Waals surface area contributed by atoms with Crippen LogP contribution in [-0.4, -0.2) is 72.2 Å². The number of halogens is 1. The van der Waals surface area contributed by atoms with E-state index >= 15 is 0 Å². The van der Waals surface area contributed by atoms with Crippen LogP contribution in [0, 0.1) is 0 Å². The Morgan fingerprint density at radius 2 is 1.86 bits per heavy atom. The number of carbonyl (C=O) groups is 2. The highest BCUT2D eigenvalue weighted by Crippen LogP contribution is 2.36. The number of ether oxygens (including phenoxy) is 3. The number of ketones is 1. The molecular formula is C20H34FNO6. The van der Waals surface area contributed by atoms with Gasteiger partial charge in [-0.2, -0.15) is 0 Å². The van der Waals surface area contributed by atoms with E-state index in [1.807, 2.05) is 13.8 Å². The van der Waals surface area contributed by atoms with Crippen LogP contribution in [0.25, 0.3) is 0 Å². The number of carbonyl (C=O) groups excluding carboxylic acids is 2. The van der Waals surface area contributed by atoms with Crippen LogP contribution < -0.4 is 0 Å². The number of aliphatic hydroxyl groups is 1. The minimum Gasteiger partial charge on any atom is -0.386 e. The van der Waals surface area contributed by atoms with Crippen LogP contribution >= 0.6 is 0 Å². The number of unbranched alkanes of at least 4 members (excludes halogenated alkanes) is 2. The molecule has 0 bridgehead atoms. The molecule has 0 aromatic carbocycles. The second kappa shape index (κ2) is 12.3. The number of amides is 1. The van der Waals surface area contributed by atoms with Crippen molar-refractivity contribution in [2.45, 2.75) is 77.4 Å². The standard InChI is InChI=1S/C20H34FNO6/c1-5-7-11-26-14-20(13-21)18(27-12-8-6-2)17(25)19(28-20)22(16(4)24)10-9-15(3)23/h9-10,17-19,25H,5-8,11-14H2,1-4H3/b10-9-/t17-,18+,19-,20-/m1/s1. The number of nitrogens with zero attached hydrogens (tertiary/aromatic N) is 1. The molecule has 162 valence electrons. The van der Waals surface area contributed by atoms with E-state index in [-0.39, 0.29) is 12.4 Å². The summed E-state index contributed by atoms with van der Waals surface area (Å²) in [6.45, 7) is 6.35. The minimum absolute atomic E-state index is 0.101. The van der Waals surface area contributed by atoms with Gasteiger partial charge >= 0.3 is 0 Å². The Hall–Kier alpha value is -1.35. The molecule has 1 N–H and O–H groups in total. The summed E-state index contributed by atoms with van der Waals surface area (Å²) < 4.78 is 31.4. The highest BCUT2D eigenvalue weighted by molar-refractivity contribution is 5.88. The van der Waals surface area contributed by atoms with Gasteiger partial charge in [0.25, 0.3) is 0 Å². The maximum Gasteiger partial charge on any atom is 0.225 e. The Morgan fingerprint density at radius 1 is 1.21 bits per heavy atom. The van der Waals surface area contributed by atoms with Crippen molar-refractivity contribution >= 4 is 11.7 Å². The fraction of sp³-hybridized carbons (Fsp3) is 0.800. The van der Waals surface area contributed by atoms with Crippen molar-refractivity contribution in [3.05, 3.63) is 12.3 Å². The molecule has 1 fully saturated rings. The first-order valence-corrected chi connectivity index (χ1v) is 9.91. The maximum atomic E-state index is 14.2. The number of rotatable bonds is 13. The van der Waals surface area contributed by atoms with E-state index in [9.17, 15) is 19.1 Å². The Labute approximate surface area is 166 Å². The summed E-state index contributed by atoms with van der Waals surface area (Å²) in [4.78, 5) is 24.4. The summed E-state index contributed by atoms with van der Waals surface area (Å²) in [7, 11) is 0. The van der Waals surface area contributed by atoms with Crippen LogP contribution in [-0.2, 0) is 23.8 Å². The largest absolute Gasteiger partial charge is 0.386 e. The van der Waals surface area contributed by atoms with E-state index in [0.717, 1.165) is 30.6 Å². The van der Waals surface area contributed by atoms with E-state index in [1.165, 1.54) is 26.1 Å². The van der Waals surface area contributed by atoms with E-state index < -0.39 is 36.6 Å². The molecule has 0 aromatic rings. The summed E-state index contributed by atoms with van der Waals surface area (Å²) in [6.07, 6.45) is 2.34. The molecule has 1 rings (SSSR count). The van der Waals surface area contributed by atoms with Gasteiger partial charge in [-0.15, -0.1) is 0 Å². The first-order chi connectivity index (χ1) is 13.3. The molecule has 7 nitrogen and oxygen atoms in total. The lowest BCUT2D eigenvalue weighted by molar-refractivity contribution is -0.172. The number of aliphatic hydroxyl groups excluding tert-OH is 1. The summed E-state index contributed by atoms with van der Waals surface area (Å²) in [5, 5.41) is 10.8. The van der Waals surface area contributed by atoms with Crippen molar-refractivity contribution in [1.29, 1.82) is 0 Å². The van der Waals surface area contributed by atoms with E-state index in [1.54, 1.807) is 0 Å². The van der Waals surface area contributed by atoms with Crippen molar-refractivity contribution in [3.63, 3.8) is 0 Å². The Balaban J connectivity index is 3.09. The van der Waals surface area contributed by atoms with Crippen molar-refractivity contribution < 1.29 is 33.3 Å². The molecule has 0 unspecified atom stereocenters. The van der Waals surface area contributed by atoms with Gasteiger partial charge in [0.05, 0.1) is 6.61 Å². The first kappa shape index (κ1) is 24.7. The maximum absolute atomic E-state index is 14.2. The fourth-order valence-corrected chi connectivity index (χ4v) is 2.97. The Kier molecular flexibility index (Phi) is 10.8. The van der Waals surface area contributed by atoms with Crippen molar-refractivity contribution in [1.82, 2.24) is 4.90 Å². The van der Waals surface area contributed by atoms with Gasteiger partial charge < -0.3 is 19.3 Å². The highest BCUT2D eigenvalue weighted by atomic mass is 19.1. The number of hydrogen-bond donors (Lipinski definition) is 1. The van der Waals surface area contributed by atoms with Gasteiger partial charge in [0.15, 0.2) is 17.6 Å². The van der Waals surface area contributed by atoms with Crippen LogP contribution in [0.15, 0.2) is 12.3 Å². The van der Waals surface area contributed by atoms with Crippen LogP contribution in [0.1, 0.15) is 53.4 Å². The van der Waals surface area contributed by atoms with Crippen LogP contribution in [0.5, 0.6) is 0 Å². The van der Waals surface area contributed by atoms with Gasteiger partial charge in [0, 0.05) is 26.3 Å². The molecule has 1 aliphatic heterocycles. The van der Waals surface area contributed by atoms with Gasteiger partial charge in [-0.1, -0.05) is 26.7 Å². The second-order valence-electron chi connectivity index (χ2n) is 7.10. The normalized spacial score (nSPS) is 27.4. The van der Waals surface area contributed by atoms with Gasteiger partial charge in [-0.25, -0.2) is 4.39 Å². The van der Waals surface area contributed by atoms with E-state index in [4.69, 9.17) is 14.2 Å². The van der Waals surface area contributed by atoms with Gasteiger partial charge in [-0.3, -0.25) is 14.5 Å². The average molecular weight is 403 g/mol. The summed E-state index contributed by atoms with van der Waals surface area (Å²) in [5.74, 6) is -0.718. The smallest absolute Gasteiger partial charge is 0.225 e. The number of allylic oxidation sites excluding steroid dienone is 1. The first-order valence-electron chi connectivity index (χ1n) is 9.91. The third-order valence-corrected chi connectivity index (χ3v) is 4.59. The zero-order valence-electron chi connectivity index (χ0n) is 17.4. The van der Waals surface area contributed by atoms with Gasteiger partial charge in [-0.05, 0) is 25.8 Å².